The number of rotatable bonds is 4. The van der Waals surface area contributed by atoms with E-state index in [0.717, 1.165) is 35.7 Å². The molecule has 5 heteroatoms. The predicted molar refractivity (Wildman–Crippen MR) is 68.0 cm³/mol. The van der Waals surface area contributed by atoms with E-state index in [-0.39, 0.29) is 0 Å². The van der Waals surface area contributed by atoms with Gasteiger partial charge in [0.25, 0.3) is 0 Å². The van der Waals surface area contributed by atoms with Gasteiger partial charge in [-0.2, -0.15) is 10.2 Å². The van der Waals surface area contributed by atoms with Gasteiger partial charge in [-0.15, -0.1) is 0 Å². The van der Waals surface area contributed by atoms with Crippen molar-refractivity contribution in [3.63, 3.8) is 0 Å². The Morgan fingerprint density at radius 2 is 2.18 bits per heavy atom. The van der Waals surface area contributed by atoms with Crippen molar-refractivity contribution in [3.05, 3.63) is 28.8 Å². The average molecular weight is 233 g/mol. The van der Waals surface area contributed by atoms with Gasteiger partial charge in [0.15, 0.2) is 0 Å². The van der Waals surface area contributed by atoms with E-state index >= 15 is 0 Å². The molecule has 0 aliphatic carbocycles. The standard InChI is InChI=1S/C12H19N5/c1-5-11-12(7-17(4)16-11)13-6-10-8(2)14-15-9(10)3/h7,13H,5-6H2,1-4H3,(H,14,15). The molecule has 0 saturated carbocycles. The highest BCUT2D eigenvalue weighted by Gasteiger charge is 2.09. The Labute approximate surface area is 101 Å². The number of nitrogens with zero attached hydrogens (tertiary/aromatic N) is 3. The third kappa shape index (κ3) is 2.33. The van der Waals surface area contributed by atoms with Crippen LogP contribution >= 0.6 is 0 Å². The summed E-state index contributed by atoms with van der Waals surface area (Å²) < 4.78 is 1.84. The summed E-state index contributed by atoms with van der Waals surface area (Å²) in [6.07, 6.45) is 2.95. The fourth-order valence-electron chi connectivity index (χ4n) is 1.96. The molecule has 5 nitrogen and oxygen atoms in total. The van der Waals surface area contributed by atoms with Crippen molar-refractivity contribution in [1.29, 1.82) is 0 Å². The van der Waals surface area contributed by atoms with Crippen LogP contribution in [-0.2, 0) is 20.0 Å². The first-order valence-corrected chi connectivity index (χ1v) is 5.88. The molecule has 0 aromatic carbocycles. The van der Waals surface area contributed by atoms with Gasteiger partial charge in [-0.3, -0.25) is 9.78 Å². The van der Waals surface area contributed by atoms with Crippen LogP contribution in [0.3, 0.4) is 0 Å². The van der Waals surface area contributed by atoms with E-state index in [1.807, 2.05) is 31.8 Å². The van der Waals surface area contributed by atoms with Crippen LogP contribution in [0.15, 0.2) is 6.20 Å². The Morgan fingerprint density at radius 3 is 2.76 bits per heavy atom. The van der Waals surface area contributed by atoms with E-state index in [1.165, 1.54) is 5.56 Å². The topological polar surface area (TPSA) is 58.5 Å². The second kappa shape index (κ2) is 4.61. The molecule has 0 spiro atoms. The first-order valence-electron chi connectivity index (χ1n) is 5.88. The molecular formula is C12H19N5. The number of aromatic nitrogens is 4. The molecule has 92 valence electrons. The smallest absolute Gasteiger partial charge is 0.0853 e. The first-order chi connectivity index (χ1) is 8.11. The SMILES string of the molecule is CCc1nn(C)cc1NCc1c(C)n[nH]c1C. The second-order valence-corrected chi connectivity index (χ2v) is 4.28. The molecule has 0 aliphatic heterocycles. The minimum atomic E-state index is 0.785. The fraction of sp³-hybridized carbons (Fsp3) is 0.500. The van der Waals surface area contributed by atoms with Crippen LogP contribution in [0.4, 0.5) is 5.69 Å². The Kier molecular flexibility index (Phi) is 3.17. The molecule has 0 saturated heterocycles. The molecule has 0 atom stereocenters. The van der Waals surface area contributed by atoms with Crippen molar-refractivity contribution in [3.8, 4) is 0 Å². The molecule has 0 bridgehead atoms. The summed E-state index contributed by atoms with van der Waals surface area (Å²) >= 11 is 0. The molecule has 2 rings (SSSR count). The van der Waals surface area contributed by atoms with Gasteiger partial charge in [0.2, 0.25) is 0 Å². The van der Waals surface area contributed by atoms with E-state index < -0.39 is 0 Å². The van der Waals surface area contributed by atoms with Crippen molar-refractivity contribution >= 4 is 5.69 Å². The van der Waals surface area contributed by atoms with Crippen molar-refractivity contribution in [1.82, 2.24) is 20.0 Å². The zero-order chi connectivity index (χ0) is 12.4. The van der Waals surface area contributed by atoms with Crippen molar-refractivity contribution in [2.75, 3.05) is 5.32 Å². The maximum absolute atomic E-state index is 4.40. The number of anilines is 1. The summed E-state index contributed by atoms with van der Waals surface area (Å²) in [4.78, 5) is 0. The third-order valence-electron chi connectivity index (χ3n) is 2.98. The molecule has 2 N–H and O–H groups in total. The molecule has 0 fully saturated rings. The van der Waals surface area contributed by atoms with Crippen LogP contribution in [0, 0.1) is 13.8 Å². The van der Waals surface area contributed by atoms with E-state index in [4.69, 9.17) is 0 Å². The monoisotopic (exact) mass is 233 g/mol. The van der Waals surface area contributed by atoms with E-state index in [9.17, 15) is 0 Å². The fourth-order valence-corrected chi connectivity index (χ4v) is 1.96. The van der Waals surface area contributed by atoms with Gasteiger partial charge < -0.3 is 5.32 Å². The lowest BCUT2D eigenvalue weighted by Gasteiger charge is -2.05. The van der Waals surface area contributed by atoms with Crippen molar-refractivity contribution in [2.24, 2.45) is 7.05 Å². The van der Waals surface area contributed by atoms with Crippen LogP contribution in [0.5, 0.6) is 0 Å². The molecule has 0 radical (unpaired) electrons. The zero-order valence-corrected chi connectivity index (χ0v) is 10.8. The number of aromatic amines is 1. The van der Waals surface area contributed by atoms with Gasteiger partial charge in [0, 0.05) is 31.0 Å². The number of H-pyrrole nitrogens is 1. The number of nitrogens with one attached hydrogen (secondary N) is 2. The lowest BCUT2D eigenvalue weighted by molar-refractivity contribution is 0.746. The summed E-state index contributed by atoms with van der Waals surface area (Å²) in [6, 6.07) is 0. The second-order valence-electron chi connectivity index (χ2n) is 4.28. The van der Waals surface area contributed by atoms with Crippen LogP contribution in [0.2, 0.25) is 0 Å². The van der Waals surface area contributed by atoms with Crippen LogP contribution in [0.25, 0.3) is 0 Å². The highest BCUT2D eigenvalue weighted by atomic mass is 15.3. The van der Waals surface area contributed by atoms with Crippen molar-refractivity contribution in [2.45, 2.75) is 33.7 Å². The minimum Gasteiger partial charge on any atom is -0.378 e. The van der Waals surface area contributed by atoms with Gasteiger partial charge >= 0.3 is 0 Å². The van der Waals surface area contributed by atoms with E-state index in [2.05, 4.69) is 27.5 Å². The number of hydrogen-bond acceptors (Lipinski definition) is 3. The average Bonchev–Trinajstić information content (AvgIpc) is 2.81. The zero-order valence-electron chi connectivity index (χ0n) is 10.8. The summed E-state index contributed by atoms with van der Waals surface area (Å²) in [5, 5.41) is 15.0. The Morgan fingerprint density at radius 1 is 1.41 bits per heavy atom. The first kappa shape index (κ1) is 11.7. The van der Waals surface area contributed by atoms with Crippen molar-refractivity contribution < 1.29 is 0 Å². The molecule has 0 amide bonds. The highest BCUT2D eigenvalue weighted by molar-refractivity contribution is 5.47. The molecule has 2 heterocycles. The minimum absolute atomic E-state index is 0.785. The lowest BCUT2D eigenvalue weighted by Crippen LogP contribution is -2.02. The summed E-state index contributed by atoms with van der Waals surface area (Å²) in [7, 11) is 1.94. The molecule has 2 aromatic heterocycles. The molecular weight excluding hydrogens is 214 g/mol. The normalized spacial score (nSPS) is 10.8. The molecule has 0 aliphatic rings. The summed E-state index contributed by atoms with van der Waals surface area (Å²) in [5.41, 5.74) is 5.62. The molecule has 0 unspecified atom stereocenters. The van der Waals surface area contributed by atoms with Gasteiger partial charge in [-0.1, -0.05) is 6.92 Å². The van der Waals surface area contributed by atoms with Crippen LogP contribution in [0.1, 0.15) is 29.6 Å². The van der Waals surface area contributed by atoms with Crippen LogP contribution < -0.4 is 5.32 Å². The van der Waals surface area contributed by atoms with Gasteiger partial charge in [-0.25, -0.2) is 0 Å². The Balaban J connectivity index is 2.12. The highest BCUT2D eigenvalue weighted by Crippen LogP contribution is 2.17. The summed E-state index contributed by atoms with van der Waals surface area (Å²) in [5.74, 6) is 0. The van der Waals surface area contributed by atoms with E-state index in [0.29, 0.717) is 0 Å². The Hall–Kier alpha value is -1.78. The quantitative estimate of drug-likeness (QED) is 0.848. The van der Waals surface area contributed by atoms with Gasteiger partial charge in [-0.05, 0) is 20.3 Å². The van der Waals surface area contributed by atoms with Crippen LogP contribution in [-0.4, -0.2) is 20.0 Å². The molecule has 17 heavy (non-hydrogen) atoms. The number of hydrogen-bond donors (Lipinski definition) is 2. The number of aryl methyl sites for hydroxylation is 4. The third-order valence-corrected chi connectivity index (χ3v) is 2.98. The van der Waals surface area contributed by atoms with Gasteiger partial charge in [0.1, 0.15) is 0 Å². The largest absolute Gasteiger partial charge is 0.378 e. The van der Waals surface area contributed by atoms with Gasteiger partial charge in [0.05, 0.1) is 17.1 Å². The summed E-state index contributed by atoms with van der Waals surface area (Å²) in [6.45, 7) is 6.96. The lowest BCUT2D eigenvalue weighted by atomic mass is 10.2. The predicted octanol–water partition coefficient (Wildman–Crippen LogP) is 1.93. The Bertz CT molecular complexity index is 489. The van der Waals surface area contributed by atoms with E-state index in [1.54, 1.807) is 0 Å². The maximum atomic E-state index is 4.40. The molecule has 2 aromatic rings. The maximum Gasteiger partial charge on any atom is 0.0853 e.